The largest absolute Gasteiger partial charge is 0.361 e. The molecule has 1 unspecified atom stereocenters. The zero-order valence-corrected chi connectivity index (χ0v) is 11.5. The minimum atomic E-state index is 0.185. The Labute approximate surface area is 107 Å². The highest BCUT2D eigenvalue weighted by atomic mass is 16.5. The molecule has 0 bridgehead atoms. The van der Waals surface area contributed by atoms with Crippen molar-refractivity contribution in [2.45, 2.75) is 47.2 Å². The summed E-state index contributed by atoms with van der Waals surface area (Å²) in [5, 5.41) is 11.4. The fraction of sp³-hybridized carbons (Fsp3) is 0.538. The van der Waals surface area contributed by atoms with Crippen LogP contribution < -0.4 is 5.32 Å². The van der Waals surface area contributed by atoms with Crippen LogP contribution in [0, 0.1) is 27.7 Å². The lowest BCUT2D eigenvalue weighted by Gasteiger charge is -2.13. The quantitative estimate of drug-likeness (QED) is 0.902. The molecule has 5 nitrogen and oxygen atoms in total. The normalized spacial score (nSPS) is 12.9. The lowest BCUT2D eigenvalue weighted by Crippen LogP contribution is -2.19. The van der Waals surface area contributed by atoms with Crippen molar-refractivity contribution >= 4 is 0 Å². The van der Waals surface area contributed by atoms with E-state index in [4.69, 9.17) is 9.05 Å². The van der Waals surface area contributed by atoms with Crippen molar-refractivity contribution in [3.8, 4) is 0 Å². The third-order valence-corrected chi connectivity index (χ3v) is 3.29. The zero-order valence-electron chi connectivity index (χ0n) is 11.5. The van der Waals surface area contributed by atoms with Crippen molar-refractivity contribution < 1.29 is 9.05 Å². The van der Waals surface area contributed by atoms with Crippen molar-refractivity contribution in [3.05, 3.63) is 34.0 Å². The molecule has 2 aromatic heterocycles. The van der Waals surface area contributed by atoms with Gasteiger partial charge in [-0.15, -0.1) is 0 Å². The van der Waals surface area contributed by atoms with E-state index in [1.807, 2.05) is 27.7 Å². The summed E-state index contributed by atoms with van der Waals surface area (Å²) >= 11 is 0. The van der Waals surface area contributed by atoms with Gasteiger partial charge in [-0.1, -0.05) is 10.3 Å². The first-order chi connectivity index (χ1) is 8.50. The molecule has 0 aliphatic carbocycles. The van der Waals surface area contributed by atoms with E-state index in [1.54, 1.807) is 0 Å². The predicted octanol–water partition coefficient (Wildman–Crippen LogP) is 2.75. The van der Waals surface area contributed by atoms with Gasteiger partial charge in [0.2, 0.25) is 0 Å². The Hall–Kier alpha value is -1.62. The fourth-order valence-electron chi connectivity index (χ4n) is 2.22. The van der Waals surface area contributed by atoms with Crippen LogP contribution >= 0.6 is 0 Å². The Kier molecular flexibility index (Phi) is 3.52. The lowest BCUT2D eigenvalue weighted by molar-refractivity contribution is 0.389. The summed E-state index contributed by atoms with van der Waals surface area (Å²) in [6.45, 7) is 10.6. The van der Waals surface area contributed by atoms with Crippen LogP contribution in [0.4, 0.5) is 0 Å². The zero-order chi connectivity index (χ0) is 13.3. The molecule has 0 fully saturated rings. The van der Waals surface area contributed by atoms with E-state index in [2.05, 4.69) is 22.6 Å². The second-order valence-corrected chi connectivity index (χ2v) is 4.64. The first kappa shape index (κ1) is 12.8. The maximum absolute atomic E-state index is 5.18. The summed E-state index contributed by atoms with van der Waals surface area (Å²) in [4.78, 5) is 0. The highest BCUT2D eigenvalue weighted by Crippen LogP contribution is 2.22. The molecule has 0 saturated heterocycles. The van der Waals surface area contributed by atoms with Crippen molar-refractivity contribution in [2.75, 3.05) is 0 Å². The van der Waals surface area contributed by atoms with Gasteiger partial charge in [0.25, 0.3) is 0 Å². The molecule has 18 heavy (non-hydrogen) atoms. The van der Waals surface area contributed by atoms with Crippen LogP contribution in [0.3, 0.4) is 0 Å². The van der Waals surface area contributed by atoms with Gasteiger partial charge in [0, 0.05) is 23.7 Å². The van der Waals surface area contributed by atoms with Gasteiger partial charge in [-0.3, -0.25) is 0 Å². The Morgan fingerprint density at radius 2 is 1.61 bits per heavy atom. The molecule has 0 aliphatic heterocycles. The molecule has 0 amide bonds. The molecule has 2 heterocycles. The van der Waals surface area contributed by atoms with Gasteiger partial charge >= 0.3 is 0 Å². The average molecular weight is 249 g/mol. The van der Waals surface area contributed by atoms with Gasteiger partial charge < -0.3 is 14.4 Å². The highest BCUT2D eigenvalue weighted by Gasteiger charge is 2.17. The number of hydrogen-bond acceptors (Lipinski definition) is 5. The summed E-state index contributed by atoms with van der Waals surface area (Å²) < 4.78 is 10.3. The molecule has 0 saturated carbocycles. The summed E-state index contributed by atoms with van der Waals surface area (Å²) in [5.41, 5.74) is 4.12. The van der Waals surface area contributed by atoms with Crippen LogP contribution in [0.25, 0.3) is 0 Å². The van der Waals surface area contributed by atoms with E-state index in [0.29, 0.717) is 0 Å². The second kappa shape index (κ2) is 4.94. The van der Waals surface area contributed by atoms with Crippen molar-refractivity contribution in [2.24, 2.45) is 0 Å². The highest BCUT2D eigenvalue weighted by molar-refractivity contribution is 5.25. The number of nitrogens with zero attached hydrogens (tertiary/aromatic N) is 2. The van der Waals surface area contributed by atoms with Crippen LogP contribution in [0.1, 0.15) is 47.0 Å². The Morgan fingerprint density at radius 3 is 2.11 bits per heavy atom. The van der Waals surface area contributed by atoms with E-state index in [9.17, 15) is 0 Å². The van der Waals surface area contributed by atoms with Gasteiger partial charge in [0.1, 0.15) is 11.5 Å². The number of rotatable bonds is 4. The molecule has 0 radical (unpaired) electrons. The van der Waals surface area contributed by atoms with Crippen LogP contribution in [-0.2, 0) is 6.54 Å². The molecule has 0 aromatic carbocycles. The number of aryl methyl sites for hydroxylation is 4. The molecule has 0 aliphatic rings. The van der Waals surface area contributed by atoms with Gasteiger partial charge in [0.15, 0.2) is 0 Å². The monoisotopic (exact) mass is 249 g/mol. The first-order valence-corrected chi connectivity index (χ1v) is 6.08. The van der Waals surface area contributed by atoms with Crippen LogP contribution in [0.2, 0.25) is 0 Å². The third-order valence-electron chi connectivity index (χ3n) is 3.29. The van der Waals surface area contributed by atoms with E-state index in [-0.39, 0.29) is 6.04 Å². The summed E-state index contributed by atoms with van der Waals surface area (Å²) in [5.74, 6) is 1.73. The van der Waals surface area contributed by atoms with Crippen molar-refractivity contribution in [1.82, 2.24) is 15.6 Å². The minimum Gasteiger partial charge on any atom is -0.361 e. The van der Waals surface area contributed by atoms with E-state index < -0.39 is 0 Å². The summed E-state index contributed by atoms with van der Waals surface area (Å²) in [6.07, 6.45) is 0. The first-order valence-electron chi connectivity index (χ1n) is 6.08. The summed E-state index contributed by atoms with van der Waals surface area (Å²) in [6, 6.07) is 0.185. The van der Waals surface area contributed by atoms with E-state index in [1.165, 1.54) is 0 Å². The molecular weight excluding hydrogens is 230 g/mol. The molecule has 98 valence electrons. The molecule has 1 N–H and O–H groups in total. The molecular formula is C13H19N3O2. The molecule has 2 rings (SSSR count). The molecule has 1 atom stereocenters. The van der Waals surface area contributed by atoms with Crippen molar-refractivity contribution in [1.29, 1.82) is 0 Å². The number of nitrogens with one attached hydrogen (secondary N) is 1. The van der Waals surface area contributed by atoms with E-state index in [0.717, 1.165) is 40.6 Å². The van der Waals surface area contributed by atoms with Crippen LogP contribution in [0.15, 0.2) is 9.05 Å². The summed E-state index contributed by atoms with van der Waals surface area (Å²) in [7, 11) is 0. The lowest BCUT2D eigenvalue weighted by atomic mass is 10.1. The standard InChI is InChI=1S/C13H19N3O2/c1-7-12(10(4)17-15-7)6-14-8(2)13-9(3)16-18-11(13)5/h8,14H,6H2,1-5H3. The molecule has 0 spiro atoms. The average Bonchev–Trinajstić information content (AvgIpc) is 2.81. The SMILES string of the molecule is Cc1noc(C)c1CNC(C)c1c(C)noc1C. The van der Waals surface area contributed by atoms with Gasteiger partial charge in [-0.2, -0.15) is 0 Å². The van der Waals surface area contributed by atoms with Crippen LogP contribution in [0.5, 0.6) is 0 Å². The minimum absolute atomic E-state index is 0.185. The maximum Gasteiger partial charge on any atom is 0.138 e. The number of aromatic nitrogens is 2. The van der Waals surface area contributed by atoms with Gasteiger partial charge in [-0.25, -0.2) is 0 Å². The molecule has 2 aromatic rings. The van der Waals surface area contributed by atoms with Crippen molar-refractivity contribution in [3.63, 3.8) is 0 Å². The second-order valence-electron chi connectivity index (χ2n) is 4.64. The van der Waals surface area contributed by atoms with E-state index >= 15 is 0 Å². The number of hydrogen-bond donors (Lipinski definition) is 1. The fourth-order valence-corrected chi connectivity index (χ4v) is 2.22. The smallest absolute Gasteiger partial charge is 0.138 e. The topological polar surface area (TPSA) is 64.1 Å². The predicted molar refractivity (Wildman–Crippen MR) is 67.2 cm³/mol. The van der Waals surface area contributed by atoms with Gasteiger partial charge in [-0.05, 0) is 34.6 Å². The van der Waals surface area contributed by atoms with Crippen LogP contribution in [-0.4, -0.2) is 10.3 Å². The maximum atomic E-state index is 5.18. The molecule has 5 heteroatoms. The third kappa shape index (κ3) is 2.31. The Bertz CT molecular complexity index is 503. The van der Waals surface area contributed by atoms with Gasteiger partial charge in [0.05, 0.1) is 11.4 Å². The Morgan fingerprint density at radius 1 is 1.00 bits per heavy atom. The Balaban J connectivity index is 2.07.